The lowest BCUT2D eigenvalue weighted by molar-refractivity contribution is -0.385. The van der Waals surface area contributed by atoms with Crippen LogP contribution in [0.2, 0.25) is 0 Å². The van der Waals surface area contributed by atoms with E-state index >= 15 is 0 Å². The van der Waals surface area contributed by atoms with Crippen molar-refractivity contribution in [3.05, 3.63) is 46.0 Å². The highest BCUT2D eigenvalue weighted by atomic mass is 16.6. The maximum atomic E-state index is 12.8. The van der Waals surface area contributed by atoms with Crippen LogP contribution in [-0.4, -0.2) is 35.1 Å². The van der Waals surface area contributed by atoms with E-state index in [0.29, 0.717) is 5.56 Å². The summed E-state index contributed by atoms with van der Waals surface area (Å²) >= 11 is 0. The quantitative estimate of drug-likeness (QED) is 0.267. The maximum Gasteiger partial charge on any atom is 0.311 e. The Bertz CT molecular complexity index is 915. The van der Waals surface area contributed by atoms with Crippen LogP contribution in [0.25, 0.3) is 0 Å². The molecule has 0 unspecified atom stereocenters. The zero-order valence-electron chi connectivity index (χ0n) is 14.6. The van der Waals surface area contributed by atoms with Crippen LogP contribution in [0.3, 0.4) is 0 Å². The highest BCUT2D eigenvalue weighted by Crippen LogP contribution is 2.73. The van der Waals surface area contributed by atoms with Gasteiger partial charge < -0.3 is 4.74 Å². The number of hydrogen-bond donors (Lipinski definition) is 0. The normalized spacial score (nSPS) is 32.0. The first-order valence-electron chi connectivity index (χ1n) is 8.90. The molecule has 3 fully saturated rings. The molecule has 8 nitrogen and oxygen atoms in total. The smallest absolute Gasteiger partial charge is 0.311 e. The Morgan fingerprint density at radius 1 is 1.22 bits per heavy atom. The first kappa shape index (κ1) is 16.2. The summed E-state index contributed by atoms with van der Waals surface area (Å²) in [5.41, 5.74) is 0.364. The number of benzene rings is 1. The highest BCUT2D eigenvalue weighted by Gasteiger charge is 2.73. The molecule has 4 aliphatic rings. The average molecular weight is 367 g/mol. The minimum Gasteiger partial charge on any atom is -0.490 e. The Hall–Kier alpha value is -3.03. The van der Waals surface area contributed by atoms with Crippen LogP contribution >= 0.6 is 0 Å². The van der Waals surface area contributed by atoms with Gasteiger partial charge in [-0.3, -0.25) is 19.7 Å². The zero-order chi connectivity index (χ0) is 18.9. The molecule has 2 amide bonds. The highest BCUT2D eigenvalue weighted by molar-refractivity contribution is 6.07. The molecule has 0 radical (unpaired) electrons. The number of amides is 2. The molecule has 1 heterocycles. The van der Waals surface area contributed by atoms with Crippen molar-refractivity contribution in [2.75, 3.05) is 7.11 Å². The number of rotatable bonds is 4. The Morgan fingerprint density at radius 3 is 2.37 bits per heavy atom. The number of methoxy groups -OCH3 is 1. The fourth-order valence-electron chi connectivity index (χ4n) is 5.23. The number of nitrogens with zero attached hydrogens (tertiary/aromatic N) is 3. The van der Waals surface area contributed by atoms with E-state index in [1.54, 1.807) is 6.07 Å². The Balaban J connectivity index is 1.41. The summed E-state index contributed by atoms with van der Waals surface area (Å²) < 4.78 is 4.97. The number of carbonyl (C=O) groups is 2. The molecule has 2 saturated carbocycles. The molecule has 1 aliphatic heterocycles. The number of hydrogen-bond acceptors (Lipinski definition) is 6. The van der Waals surface area contributed by atoms with Crippen molar-refractivity contribution in [2.45, 2.75) is 12.8 Å². The Labute approximate surface area is 154 Å². The zero-order valence-corrected chi connectivity index (χ0v) is 14.6. The molecule has 1 saturated heterocycles. The third-order valence-corrected chi connectivity index (χ3v) is 6.55. The number of allylic oxidation sites excluding steroid dienone is 2. The van der Waals surface area contributed by atoms with Gasteiger partial charge >= 0.3 is 5.69 Å². The van der Waals surface area contributed by atoms with Gasteiger partial charge in [0.25, 0.3) is 11.8 Å². The topological polar surface area (TPSA) is 102 Å². The number of nitro benzene ring substituents is 1. The fourth-order valence-corrected chi connectivity index (χ4v) is 5.23. The largest absolute Gasteiger partial charge is 0.490 e. The molecule has 0 aromatic heterocycles. The molecule has 2 bridgehead atoms. The lowest BCUT2D eigenvalue weighted by atomic mass is 9.85. The average Bonchev–Trinajstić information content (AvgIpc) is 3.26. The van der Waals surface area contributed by atoms with Gasteiger partial charge in [0, 0.05) is 11.6 Å². The standard InChI is InChI=1S/C19H17N3O5/c1-27-14-5-2-10(8-13(14)22(25)26)9-20-21-17(23)15-11-3-4-12(16(15)18(21)24)19(11)6-7-19/h2-5,8-9,11-12,15-16H,6-7H2,1H3/b20-9-/t11-,12-,15-,16+/m1/s1. The Kier molecular flexibility index (Phi) is 3.14. The molecule has 1 aromatic carbocycles. The van der Waals surface area contributed by atoms with E-state index in [1.165, 1.54) is 25.5 Å². The van der Waals surface area contributed by atoms with Crippen LogP contribution in [0, 0.1) is 39.2 Å². The van der Waals surface area contributed by atoms with Crippen LogP contribution in [0.1, 0.15) is 18.4 Å². The van der Waals surface area contributed by atoms with Crippen LogP contribution in [0.5, 0.6) is 5.75 Å². The van der Waals surface area contributed by atoms with Gasteiger partial charge in [0.15, 0.2) is 5.75 Å². The van der Waals surface area contributed by atoms with Crippen molar-refractivity contribution >= 4 is 23.7 Å². The third kappa shape index (κ3) is 2.01. The molecule has 27 heavy (non-hydrogen) atoms. The summed E-state index contributed by atoms with van der Waals surface area (Å²) in [6.45, 7) is 0. The molecule has 4 atom stereocenters. The van der Waals surface area contributed by atoms with Gasteiger partial charge in [-0.1, -0.05) is 12.2 Å². The molecule has 5 rings (SSSR count). The molecular formula is C19H17N3O5. The van der Waals surface area contributed by atoms with Crippen molar-refractivity contribution in [1.82, 2.24) is 5.01 Å². The minimum atomic E-state index is -0.550. The molecule has 138 valence electrons. The second-order valence-electron chi connectivity index (χ2n) is 7.64. The van der Waals surface area contributed by atoms with E-state index in [9.17, 15) is 19.7 Å². The summed E-state index contributed by atoms with van der Waals surface area (Å²) in [4.78, 5) is 36.2. The van der Waals surface area contributed by atoms with Crippen molar-refractivity contribution in [1.29, 1.82) is 0 Å². The van der Waals surface area contributed by atoms with E-state index in [-0.39, 0.29) is 52.3 Å². The van der Waals surface area contributed by atoms with Gasteiger partial charge in [-0.25, -0.2) is 0 Å². The van der Waals surface area contributed by atoms with E-state index in [2.05, 4.69) is 17.3 Å². The number of imide groups is 1. The van der Waals surface area contributed by atoms with Crippen LogP contribution in [0.15, 0.2) is 35.5 Å². The summed E-state index contributed by atoms with van der Waals surface area (Å²) in [5, 5.41) is 16.2. The van der Waals surface area contributed by atoms with Gasteiger partial charge in [-0.05, 0) is 42.2 Å². The van der Waals surface area contributed by atoms with Gasteiger partial charge in [-0.2, -0.15) is 10.1 Å². The molecule has 1 spiro atoms. The lowest BCUT2D eigenvalue weighted by Gasteiger charge is -2.18. The monoisotopic (exact) mass is 367 g/mol. The van der Waals surface area contributed by atoms with Crippen molar-refractivity contribution in [3.8, 4) is 5.75 Å². The number of ether oxygens (including phenoxy) is 1. The summed E-state index contributed by atoms with van der Waals surface area (Å²) in [6, 6.07) is 4.35. The second-order valence-corrected chi connectivity index (χ2v) is 7.64. The van der Waals surface area contributed by atoms with Gasteiger partial charge in [-0.15, -0.1) is 0 Å². The summed E-state index contributed by atoms with van der Waals surface area (Å²) in [7, 11) is 1.35. The predicted molar refractivity (Wildman–Crippen MR) is 93.9 cm³/mol. The molecule has 0 N–H and O–H groups in total. The van der Waals surface area contributed by atoms with Crippen molar-refractivity contribution in [3.63, 3.8) is 0 Å². The van der Waals surface area contributed by atoms with Crippen molar-refractivity contribution < 1.29 is 19.2 Å². The van der Waals surface area contributed by atoms with Gasteiger partial charge in [0.1, 0.15) is 0 Å². The second kappa shape index (κ2) is 5.25. The summed E-state index contributed by atoms with van der Waals surface area (Å²) in [5.74, 6) is -0.704. The summed E-state index contributed by atoms with van der Waals surface area (Å²) in [6.07, 6.45) is 7.68. The number of hydrazone groups is 1. The van der Waals surface area contributed by atoms with E-state index in [4.69, 9.17) is 4.74 Å². The van der Waals surface area contributed by atoms with E-state index in [0.717, 1.165) is 17.9 Å². The third-order valence-electron chi connectivity index (χ3n) is 6.55. The first-order valence-corrected chi connectivity index (χ1v) is 8.90. The van der Waals surface area contributed by atoms with Crippen LogP contribution in [0.4, 0.5) is 5.69 Å². The predicted octanol–water partition coefficient (Wildman–Crippen LogP) is 2.13. The lowest BCUT2D eigenvalue weighted by Crippen LogP contribution is -2.30. The van der Waals surface area contributed by atoms with Crippen LogP contribution < -0.4 is 4.74 Å². The first-order chi connectivity index (χ1) is 13.0. The van der Waals surface area contributed by atoms with Crippen molar-refractivity contribution in [2.24, 2.45) is 34.2 Å². The molecule has 3 aliphatic carbocycles. The number of fused-ring (bicyclic) bond motifs is 3. The van der Waals surface area contributed by atoms with Gasteiger partial charge in [0.05, 0.1) is 30.1 Å². The SMILES string of the molecule is COc1ccc(/C=N\N2C(=O)[C@@H]3[C@H](C2=O)[C@H]2C=C[C@H]3C23CC3)cc1[N+](=O)[O-]. The Morgan fingerprint density at radius 2 is 1.85 bits per heavy atom. The number of carbonyl (C=O) groups excluding carboxylic acids is 2. The van der Waals surface area contributed by atoms with E-state index in [1.807, 2.05) is 0 Å². The van der Waals surface area contributed by atoms with Crippen LogP contribution in [-0.2, 0) is 9.59 Å². The molecule has 1 aromatic rings. The van der Waals surface area contributed by atoms with Gasteiger partial charge in [0.2, 0.25) is 0 Å². The molecular weight excluding hydrogens is 350 g/mol. The fraction of sp³-hybridized carbons (Fsp3) is 0.421. The van der Waals surface area contributed by atoms with E-state index < -0.39 is 4.92 Å². The number of nitro groups is 1. The minimum absolute atomic E-state index is 0.136. The molecule has 8 heteroatoms. The maximum absolute atomic E-state index is 12.8.